The number of hydrogen-bond acceptors (Lipinski definition) is 5. The molecule has 1 amide bonds. The molecule has 7 nitrogen and oxygen atoms in total. The maximum atomic E-state index is 12.3. The Hall–Kier alpha value is -2.31. The first kappa shape index (κ1) is 16.5. The number of nitrogens with zero attached hydrogens (tertiary/aromatic N) is 3. The first-order valence-electron chi connectivity index (χ1n) is 8.26. The minimum Gasteiger partial charge on any atom is -0.444 e. The molecule has 2 heterocycles. The van der Waals surface area contributed by atoms with Crippen molar-refractivity contribution < 1.29 is 14.5 Å². The van der Waals surface area contributed by atoms with E-state index in [4.69, 9.17) is 4.74 Å². The Morgan fingerprint density at radius 1 is 1.29 bits per heavy atom. The molecule has 0 saturated carbocycles. The second-order valence-corrected chi connectivity index (χ2v) is 7.38. The van der Waals surface area contributed by atoms with Crippen molar-refractivity contribution in [1.29, 1.82) is 0 Å². The van der Waals surface area contributed by atoms with Gasteiger partial charge in [-0.15, -0.1) is 0 Å². The van der Waals surface area contributed by atoms with Crippen LogP contribution in [-0.4, -0.2) is 47.2 Å². The van der Waals surface area contributed by atoms with Crippen molar-refractivity contribution in [1.82, 2.24) is 4.90 Å². The second-order valence-electron chi connectivity index (χ2n) is 7.38. The van der Waals surface area contributed by atoms with E-state index < -0.39 is 5.60 Å². The highest BCUT2D eigenvalue weighted by Crippen LogP contribution is 2.36. The first-order chi connectivity index (χ1) is 11.2. The highest BCUT2D eigenvalue weighted by Gasteiger charge is 2.34. The Morgan fingerprint density at radius 3 is 2.71 bits per heavy atom. The number of nitro benzene ring substituents is 1. The molecule has 1 fully saturated rings. The lowest BCUT2D eigenvalue weighted by molar-refractivity contribution is -0.384. The number of carbonyl (C=O) groups is 1. The summed E-state index contributed by atoms with van der Waals surface area (Å²) in [6, 6.07) is 5.35. The van der Waals surface area contributed by atoms with Crippen LogP contribution in [0.5, 0.6) is 0 Å². The molecule has 1 atom stereocenters. The topological polar surface area (TPSA) is 75.9 Å². The fourth-order valence-electron chi connectivity index (χ4n) is 3.40. The third-order valence-electron chi connectivity index (χ3n) is 4.47. The van der Waals surface area contributed by atoms with Crippen LogP contribution in [0.2, 0.25) is 0 Å². The van der Waals surface area contributed by atoms with Crippen molar-refractivity contribution in [2.45, 2.75) is 45.3 Å². The van der Waals surface area contributed by atoms with Crippen molar-refractivity contribution in [2.75, 3.05) is 24.5 Å². The summed E-state index contributed by atoms with van der Waals surface area (Å²) in [4.78, 5) is 26.9. The molecule has 7 heteroatoms. The molecule has 0 aliphatic carbocycles. The summed E-state index contributed by atoms with van der Waals surface area (Å²) in [6.07, 6.45) is 1.36. The molecule has 24 heavy (non-hydrogen) atoms. The third-order valence-corrected chi connectivity index (χ3v) is 4.47. The molecule has 0 radical (unpaired) electrons. The van der Waals surface area contributed by atoms with E-state index in [1.807, 2.05) is 26.8 Å². The number of fused-ring (bicyclic) bond motifs is 3. The predicted octanol–water partition coefficient (Wildman–Crippen LogP) is 2.97. The van der Waals surface area contributed by atoms with E-state index in [-0.39, 0.29) is 22.7 Å². The molecule has 2 aliphatic heterocycles. The van der Waals surface area contributed by atoms with Gasteiger partial charge in [0.2, 0.25) is 0 Å². The summed E-state index contributed by atoms with van der Waals surface area (Å²) in [5, 5.41) is 10.9. The van der Waals surface area contributed by atoms with Crippen molar-refractivity contribution in [2.24, 2.45) is 0 Å². The van der Waals surface area contributed by atoms with Gasteiger partial charge in [-0.2, -0.15) is 0 Å². The lowest BCUT2D eigenvalue weighted by atomic mass is 10.1. The first-order valence-corrected chi connectivity index (χ1v) is 8.26. The number of benzene rings is 1. The lowest BCUT2D eigenvalue weighted by Gasteiger charge is -2.26. The smallest absolute Gasteiger partial charge is 0.410 e. The minimum atomic E-state index is -0.495. The SMILES string of the molecule is CC(C)(C)OC(=O)N1CCC2Cc3cc([N+](=O)[O-])ccc3N2CC1. The number of hydrogen-bond donors (Lipinski definition) is 0. The zero-order valence-corrected chi connectivity index (χ0v) is 14.3. The number of rotatable bonds is 1. The minimum absolute atomic E-state index is 0.141. The molecule has 0 bridgehead atoms. The molecule has 1 saturated heterocycles. The Morgan fingerprint density at radius 2 is 2.04 bits per heavy atom. The summed E-state index contributed by atoms with van der Waals surface area (Å²) in [6.45, 7) is 7.56. The normalized spacial score (nSPS) is 20.2. The maximum absolute atomic E-state index is 12.3. The van der Waals surface area contributed by atoms with Crippen LogP contribution in [0.3, 0.4) is 0 Å². The highest BCUT2D eigenvalue weighted by molar-refractivity contribution is 5.69. The van der Waals surface area contributed by atoms with Crippen molar-refractivity contribution in [3.05, 3.63) is 33.9 Å². The molecule has 130 valence electrons. The van der Waals surface area contributed by atoms with Gasteiger partial charge < -0.3 is 14.5 Å². The van der Waals surface area contributed by atoms with Crippen LogP contribution in [0, 0.1) is 10.1 Å². The molecule has 1 aromatic carbocycles. The number of carbonyl (C=O) groups excluding carboxylic acids is 1. The fourth-order valence-corrected chi connectivity index (χ4v) is 3.40. The van der Waals surface area contributed by atoms with Gasteiger partial charge in [0.25, 0.3) is 5.69 Å². The summed E-state index contributed by atoms with van der Waals surface area (Å²) >= 11 is 0. The van der Waals surface area contributed by atoms with Crippen molar-refractivity contribution in [3.8, 4) is 0 Å². The summed E-state index contributed by atoms with van der Waals surface area (Å²) in [5.74, 6) is 0. The molecule has 0 N–H and O–H groups in total. The van der Waals surface area contributed by atoms with Crippen LogP contribution in [0.15, 0.2) is 18.2 Å². The predicted molar refractivity (Wildman–Crippen MR) is 90.4 cm³/mol. The lowest BCUT2D eigenvalue weighted by Crippen LogP contribution is -2.39. The molecule has 0 aromatic heterocycles. The van der Waals surface area contributed by atoms with E-state index in [0.717, 1.165) is 24.1 Å². The maximum Gasteiger partial charge on any atom is 0.410 e. The van der Waals surface area contributed by atoms with Crippen molar-refractivity contribution in [3.63, 3.8) is 0 Å². The zero-order valence-electron chi connectivity index (χ0n) is 14.3. The van der Waals surface area contributed by atoms with Gasteiger partial charge in [-0.25, -0.2) is 4.79 Å². The molecule has 1 unspecified atom stereocenters. The number of nitro groups is 1. The zero-order chi connectivity index (χ0) is 17.5. The van der Waals surface area contributed by atoms with Gasteiger partial charge in [0.1, 0.15) is 5.60 Å². The largest absolute Gasteiger partial charge is 0.444 e. The molecule has 0 spiro atoms. The van der Waals surface area contributed by atoms with Crippen LogP contribution in [0.4, 0.5) is 16.2 Å². The fraction of sp³-hybridized carbons (Fsp3) is 0.588. The van der Waals surface area contributed by atoms with Gasteiger partial charge in [0.05, 0.1) is 4.92 Å². The van der Waals surface area contributed by atoms with E-state index >= 15 is 0 Å². The summed E-state index contributed by atoms with van der Waals surface area (Å²) in [7, 11) is 0. The standard InChI is InChI=1S/C17H23N3O4/c1-17(2,3)24-16(21)18-7-6-13-10-12-11-14(20(22)23)4-5-15(12)19(13)9-8-18/h4-5,11,13H,6-10H2,1-3H3. The molecule has 2 aliphatic rings. The Bertz CT molecular complexity index is 668. The van der Waals surface area contributed by atoms with Gasteiger partial charge >= 0.3 is 6.09 Å². The number of amides is 1. The second kappa shape index (κ2) is 5.96. The number of anilines is 1. The molecule has 1 aromatic rings. The Labute approximate surface area is 141 Å². The quantitative estimate of drug-likeness (QED) is 0.583. The van der Waals surface area contributed by atoms with Crippen LogP contribution >= 0.6 is 0 Å². The Kier molecular flexibility index (Phi) is 4.11. The monoisotopic (exact) mass is 333 g/mol. The van der Waals surface area contributed by atoms with Crippen LogP contribution in [0.1, 0.15) is 32.8 Å². The molecule has 3 rings (SSSR count). The summed E-state index contributed by atoms with van der Waals surface area (Å²) in [5.41, 5.74) is 1.73. The average molecular weight is 333 g/mol. The molecular weight excluding hydrogens is 310 g/mol. The number of ether oxygens (including phenoxy) is 1. The van der Waals surface area contributed by atoms with Gasteiger partial charge in [0, 0.05) is 43.5 Å². The highest BCUT2D eigenvalue weighted by atomic mass is 16.6. The van der Waals surface area contributed by atoms with E-state index in [2.05, 4.69) is 4.90 Å². The van der Waals surface area contributed by atoms with Gasteiger partial charge in [-0.05, 0) is 45.2 Å². The van der Waals surface area contributed by atoms with E-state index in [0.29, 0.717) is 19.6 Å². The molecular formula is C17H23N3O4. The van der Waals surface area contributed by atoms with E-state index in [1.165, 1.54) is 0 Å². The average Bonchev–Trinajstić information content (AvgIpc) is 2.68. The van der Waals surface area contributed by atoms with Crippen LogP contribution < -0.4 is 4.90 Å². The van der Waals surface area contributed by atoms with Crippen LogP contribution in [-0.2, 0) is 11.2 Å². The van der Waals surface area contributed by atoms with Crippen LogP contribution in [0.25, 0.3) is 0 Å². The number of non-ortho nitro benzene ring substituents is 1. The van der Waals surface area contributed by atoms with E-state index in [1.54, 1.807) is 17.0 Å². The summed E-state index contributed by atoms with van der Waals surface area (Å²) < 4.78 is 5.46. The Balaban J connectivity index is 1.72. The third kappa shape index (κ3) is 3.29. The van der Waals surface area contributed by atoms with Gasteiger partial charge in [-0.1, -0.05) is 0 Å². The van der Waals surface area contributed by atoms with E-state index in [9.17, 15) is 14.9 Å². The van der Waals surface area contributed by atoms with Crippen molar-refractivity contribution >= 4 is 17.5 Å². The van der Waals surface area contributed by atoms with Gasteiger partial charge in [0.15, 0.2) is 0 Å². The van der Waals surface area contributed by atoms with Gasteiger partial charge in [-0.3, -0.25) is 10.1 Å².